The average Bonchev–Trinajstić information content (AvgIpc) is 2.24. The molecule has 0 atom stereocenters. The molecule has 0 fully saturated rings. The van der Waals surface area contributed by atoms with E-state index in [4.69, 9.17) is 4.74 Å². The number of nitrogens with one attached hydrogen (secondary N) is 2. The highest BCUT2D eigenvalue weighted by Gasteiger charge is 2.16. The topological polar surface area (TPSA) is 67.4 Å². The Morgan fingerprint density at radius 2 is 1.67 bits per heavy atom. The lowest BCUT2D eigenvalue weighted by molar-refractivity contribution is 0.0483. The Kier molecular flexibility index (Phi) is 4.94. The van der Waals surface area contributed by atoms with E-state index in [1.54, 1.807) is 32.9 Å². The zero-order valence-corrected chi connectivity index (χ0v) is 12.6. The van der Waals surface area contributed by atoms with E-state index in [0.717, 1.165) is 3.57 Å². The molecule has 0 aromatic heterocycles. The Morgan fingerprint density at radius 3 is 2.17 bits per heavy atom. The lowest BCUT2D eigenvalue weighted by Crippen LogP contribution is -2.44. The van der Waals surface area contributed by atoms with Crippen LogP contribution in [0.1, 0.15) is 31.1 Å². The van der Waals surface area contributed by atoms with Crippen LogP contribution in [0.4, 0.5) is 4.79 Å². The molecule has 0 aliphatic carbocycles. The number of ether oxygens (including phenoxy) is 1. The van der Waals surface area contributed by atoms with Crippen molar-refractivity contribution < 1.29 is 14.3 Å². The molecule has 98 valence electrons. The molecule has 0 spiro atoms. The predicted molar refractivity (Wildman–Crippen MR) is 76.0 cm³/mol. The van der Waals surface area contributed by atoms with Crippen LogP contribution < -0.4 is 10.9 Å². The molecule has 0 heterocycles. The van der Waals surface area contributed by atoms with Crippen molar-refractivity contribution >= 4 is 34.6 Å². The third-order valence-electron chi connectivity index (χ3n) is 1.78. The zero-order chi connectivity index (χ0) is 13.8. The molecule has 0 saturated heterocycles. The van der Waals surface area contributed by atoms with E-state index in [-0.39, 0.29) is 0 Å². The maximum absolute atomic E-state index is 11.6. The van der Waals surface area contributed by atoms with Gasteiger partial charge in [0, 0.05) is 9.13 Å². The fraction of sp³-hybridized carbons (Fsp3) is 0.333. The van der Waals surface area contributed by atoms with Crippen LogP contribution in [-0.4, -0.2) is 17.6 Å². The van der Waals surface area contributed by atoms with Gasteiger partial charge in [-0.15, -0.1) is 0 Å². The molecular weight excluding hydrogens is 347 g/mol. The van der Waals surface area contributed by atoms with Crippen LogP contribution >= 0.6 is 22.6 Å². The molecule has 1 aromatic carbocycles. The van der Waals surface area contributed by atoms with Gasteiger partial charge in [-0.2, -0.15) is 0 Å². The lowest BCUT2D eigenvalue weighted by Gasteiger charge is -2.19. The summed E-state index contributed by atoms with van der Waals surface area (Å²) in [5.74, 6) is -0.391. The summed E-state index contributed by atoms with van der Waals surface area (Å²) in [4.78, 5) is 22.9. The first-order chi connectivity index (χ1) is 8.28. The van der Waals surface area contributed by atoms with Crippen LogP contribution in [0.2, 0.25) is 0 Å². The molecule has 0 saturated carbocycles. The fourth-order valence-corrected chi connectivity index (χ4v) is 1.44. The van der Waals surface area contributed by atoms with Crippen molar-refractivity contribution in [3.8, 4) is 0 Å². The highest BCUT2D eigenvalue weighted by atomic mass is 127. The highest BCUT2D eigenvalue weighted by Crippen LogP contribution is 2.07. The standard InChI is InChI=1S/C12H15IN2O3/c1-12(2,3)18-11(17)15-14-10(16)8-4-6-9(13)7-5-8/h4-7H,1-3H3,(H,14,16)(H,15,17). The third-order valence-corrected chi connectivity index (χ3v) is 2.50. The number of halogens is 1. The minimum Gasteiger partial charge on any atom is -0.443 e. The Morgan fingerprint density at radius 1 is 1.11 bits per heavy atom. The Balaban J connectivity index is 2.47. The second-order valence-corrected chi connectivity index (χ2v) is 5.83. The van der Waals surface area contributed by atoms with Gasteiger partial charge >= 0.3 is 6.09 Å². The van der Waals surface area contributed by atoms with Crippen molar-refractivity contribution in [2.75, 3.05) is 0 Å². The smallest absolute Gasteiger partial charge is 0.426 e. The quantitative estimate of drug-likeness (QED) is 0.596. The lowest BCUT2D eigenvalue weighted by atomic mass is 10.2. The number of rotatable bonds is 1. The SMILES string of the molecule is CC(C)(C)OC(=O)NNC(=O)c1ccc(I)cc1. The number of amides is 2. The molecule has 0 unspecified atom stereocenters. The van der Waals surface area contributed by atoms with Gasteiger partial charge in [-0.1, -0.05) is 0 Å². The summed E-state index contributed by atoms with van der Waals surface area (Å²) >= 11 is 2.15. The number of carbonyl (C=O) groups is 2. The summed E-state index contributed by atoms with van der Waals surface area (Å²) in [7, 11) is 0. The van der Waals surface area contributed by atoms with Crippen molar-refractivity contribution in [1.29, 1.82) is 0 Å². The summed E-state index contributed by atoms with van der Waals surface area (Å²) in [5, 5.41) is 0. The van der Waals surface area contributed by atoms with E-state index in [9.17, 15) is 9.59 Å². The number of hydrogen-bond acceptors (Lipinski definition) is 3. The first-order valence-electron chi connectivity index (χ1n) is 5.33. The zero-order valence-electron chi connectivity index (χ0n) is 10.4. The molecule has 0 aliphatic heterocycles. The van der Waals surface area contributed by atoms with Crippen molar-refractivity contribution in [2.45, 2.75) is 26.4 Å². The molecule has 1 aromatic rings. The fourth-order valence-electron chi connectivity index (χ4n) is 1.08. The van der Waals surface area contributed by atoms with E-state index >= 15 is 0 Å². The van der Waals surface area contributed by atoms with E-state index in [1.165, 1.54) is 0 Å². The van der Waals surface area contributed by atoms with Crippen molar-refractivity contribution in [1.82, 2.24) is 10.9 Å². The molecule has 0 radical (unpaired) electrons. The number of hydrogen-bond donors (Lipinski definition) is 2. The molecular formula is C12H15IN2O3. The largest absolute Gasteiger partial charge is 0.443 e. The molecule has 2 N–H and O–H groups in total. The van der Waals surface area contributed by atoms with Gasteiger partial charge in [-0.25, -0.2) is 10.2 Å². The van der Waals surface area contributed by atoms with Crippen molar-refractivity contribution in [3.05, 3.63) is 33.4 Å². The van der Waals surface area contributed by atoms with Crippen molar-refractivity contribution in [3.63, 3.8) is 0 Å². The van der Waals surface area contributed by atoms with E-state index in [2.05, 4.69) is 33.4 Å². The summed E-state index contributed by atoms with van der Waals surface area (Å²) in [6, 6.07) is 6.97. The Hall–Kier alpha value is -1.31. The summed E-state index contributed by atoms with van der Waals surface area (Å²) in [6.07, 6.45) is -0.693. The highest BCUT2D eigenvalue weighted by molar-refractivity contribution is 14.1. The van der Waals surface area contributed by atoms with Crippen LogP contribution in [0.3, 0.4) is 0 Å². The van der Waals surface area contributed by atoms with Gasteiger partial charge in [-0.3, -0.25) is 10.2 Å². The van der Waals surface area contributed by atoms with Gasteiger partial charge < -0.3 is 4.74 Å². The molecule has 0 bridgehead atoms. The number of hydrazine groups is 1. The minimum atomic E-state index is -0.693. The summed E-state index contributed by atoms with van der Waals surface area (Å²) in [5.41, 5.74) is 4.33. The summed E-state index contributed by atoms with van der Waals surface area (Å²) in [6.45, 7) is 5.23. The van der Waals surface area contributed by atoms with Gasteiger partial charge in [0.05, 0.1) is 0 Å². The Labute approximate surface area is 119 Å². The molecule has 5 nitrogen and oxygen atoms in total. The van der Waals surface area contributed by atoms with Crippen molar-refractivity contribution in [2.24, 2.45) is 0 Å². The Bertz CT molecular complexity index is 438. The van der Waals surface area contributed by atoms with Crippen LogP contribution in [0.15, 0.2) is 24.3 Å². The predicted octanol–water partition coefficient (Wildman–Crippen LogP) is 2.46. The molecule has 2 amide bonds. The van der Waals surface area contributed by atoms with E-state index in [0.29, 0.717) is 5.56 Å². The van der Waals surface area contributed by atoms with Gasteiger partial charge in [0.15, 0.2) is 0 Å². The molecule has 0 aliphatic rings. The van der Waals surface area contributed by atoms with Crippen LogP contribution in [-0.2, 0) is 4.74 Å². The molecule has 1 rings (SSSR count). The second-order valence-electron chi connectivity index (χ2n) is 4.59. The third kappa shape index (κ3) is 5.35. The minimum absolute atomic E-state index is 0.391. The molecule has 6 heteroatoms. The average molecular weight is 362 g/mol. The van der Waals surface area contributed by atoms with Crippen LogP contribution in [0.25, 0.3) is 0 Å². The van der Waals surface area contributed by atoms with E-state index < -0.39 is 17.6 Å². The number of benzene rings is 1. The second kappa shape index (κ2) is 6.03. The number of carbonyl (C=O) groups excluding carboxylic acids is 2. The van der Waals surface area contributed by atoms with Gasteiger partial charge in [-0.05, 0) is 67.6 Å². The van der Waals surface area contributed by atoms with E-state index in [1.807, 2.05) is 12.1 Å². The van der Waals surface area contributed by atoms with Crippen LogP contribution in [0.5, 0.6) is 0 Å². The van der Waals surface area contributed by atoms with Gasteiger partial charge in [0.1, 0.15) is 5.60 Å². The first-order valence-corrected chi connectivity index (χ1v) is 6.41. The first kappa shape index (κ1) is 14.7. The maximum atomic E-state index is 11.6. The molecule has 18 heavy (non-hydrogen) atoms. The maximum Gasteiger partial charge on any atom is 0.426 e. The summed E-state index contributed by atoms with van der Waals surface area (Å²) < 4.78 is 6.01. The van der Waals surface area contributed by atoms with Gasteiger partial charge in [0.25, 0.3) is 5.91 Å². The normalized spacial score (nSPS) is 10.7. The van der Waals surface area contributed by atoms with Gasteiger partial charge in [0.2, 0.25) is 0 Å². The monoisotopic (exact) mass is 362 g/mol. The van der Waals surface area contributed by atoms with Crippen LogP contribution in [0, 0.1) is 3.57 Å².